The lowest BCUT2D eigenvalue weighted by Crippen LogP contribution is -2.20. The van der Waals surface area contributed by atoms with Crippen LogP contribution < -0.4 is 10.0 Å². The van der Waals surface area contributed by atoms with Crippen molar-refractivity contribution in [1.29, 1.82) is 0 Å². The van der Waals surface area contributed by atoms with Gasteiger partial charge < -0.3 is 5.32 Å². The quantitative estimate of drug-likeness (QED) is 0.668. The highest BCUT2D eigenvalue weighted by atomic mass is 32.2. The van der Waals surface area contributed by atoms with Crippen LogP contribution in [0.25, 0.3) is 5.69 Å². The van der Waals surface area contributed by atoms with Crippen molar-refractivity contribution in [2.45, 2.75) is 25.2 Å². The second kappa shape index (κ2) is 7.95. The fourth-order valence-corrected chi connectivity index (χ4v) is 3.97. The second-order valence-corrected chi connectivity index (χ2v) is 8.10. The molecule has 0 radical (unpaired) electrons. The first-order chi connectivity index (χ1) is 13.4. The zero-order chi connectivity index (χ0) is 20.3. The van der Waals surface area contributed by atoms with Gasteiger partial charge in [0.1, 0.15) is 0 Å². The van der Waals surface area contributed by atoms with Crippen molar-refractivity contribution >= 4 is 21.6 Å². The molecule has 3 aromatic rings. The van der Waals surface area contributed by atoms with Crippen LogP contribution in [0.2, 0.25) is 0 Å². The minimum absolute atomic E-state index is 0.128. The van der Waals surface area contributed by atoms with Crippen LogP contribution in [-0.2, 0) is 16.4 Å². The fourth-order valence-electron chi connectivity index (χ4n) is 2.97. The molecule has 0 saturated carbocycles. The van der Waals surface area contributed by atoms with Crippen molar-refractivity contribution < 1.29 is 13.2 Å². The number of benzene rings is 2. The van der Waals surface area contributed by atoms with E-state index in [0.29, 0.717) is 23.2 Å². The number of amides is 1. The van der Waals surface area contributed by atoms with Gasteiger partial charge >= 0.3 is 0 Å². The summed E-state index contributed by atoms with van der Waals surface area (Å²) in [6.45, 7) is 3.66. The molecule has 0 unspecified atom stereocenters. The maximum Gasteiger partial charge on any atom is 0.259 e. The highest BCUT2D eigenvalue weighted by molar-refractivity contribution is 7.89. The molecule has 0 spiro atoms. The van der Waals surface area contributed by atoms with E-state index in [1.807, 2.05) is 37.3 Å². The highest BCUT2D eigenvalue weighted by Crippen LogP contribution is 2.22. The van der Waals surface area contributed by atoms with E-state index >= 15 is 0 Å². The summed E-state index contributed by atoms with van der Waals surface area (Å²) in [5.41, 5.74) is 3.09. The van der Waals surface area contributed by atoms with Gasteiger partial charge in [-0.25, -0.2) is 17.8 Å². The molecule has 0 bridgehead atoms. The highest BCUT2D eigenvalue weighted by Gasteiger charge is 2.19. The van der Waals surface area contributed by atoms with Crippen molar-refractivity contribution in [3.8, 4) is 5.69 Å². The lowest BCUT2D eigenvalue weighted by atomic mass is 10.1. The second-order valence-electron chi connectivity index (χ2n) is 6.25. The average molecular weight is 398 g/mol. The molecule has 2 aromatic carbocycles. The predicted octanol–water partition coefficient (Wildman–Crippen LogP) is 2.90. The molecule has 0 aliphatic carbocycles. The van der Waals surface area contributed by atoms with E-state index in [1.165, 1.54) is 19.3 Å². The molecule has 0 aliphatic heterocycles. The minimum atomic E-state index is -3.61. The molecule has 0 aliphatic rings. The molecular weight excluding hydrogens is 376 g/mol. The van der Waals surface area contributed by atoms with Crippen LogP contribution in [0, 0.1) is 6.92 Å². The van der Waals surface area contributed by atoms with Crippen LogP contribution in [0.5, 0.6) is 0 Å². The Labute approximate surface area is 164 Å². The number of rotatable bonds is 6. The van der Waals surface area contributed by atoms with Crippen molar-refractivity contribution in [3.05, 3.63) is 71.5 Å². The summed E-state index contributed by atoms with van der Waals surface area (Å²) < 4.78 is 28.3. The van der Waals surface area contributed by atoms with Crippen LogP contribution >= 0.6 is 0 Å². The summed E-state index contributed by atoms with van der Waals surface area (Å²) in [4.78, 5) is 13.0. The lowest BCUT2D eigenvalue weighted by Gasteiger charge is -2.11. The summed E-state index contributed by atoms with van der Waals surface area (Å²) in [6, 6.07) is 14.4. The number of hydrogen-bond acceptors (Lipinski definition) is 4. The Morgan fingerprint density at radius 2 is 1.86 bits per heavy atom. The van der Waals surface area contributed by atoms with E-state index < -0.39 is 10.0 Å². The molecule has 1 amide bonds. The van der Waals surface area contributed by atoms with Gasteiger partial charge in [-0.05, 0) is 50.2 Å². The van der Waals surface area contributed by atoms with Crippen LogP contribution in [0.15, 0.2) is 59.6 Å². The van der Waals surface area contributed by atoms with E-state index in [9.17, 15) is 13.2 Å². The third kappa shape index (κ3) is 3.83. The van der Waals surface area contributed by atoms with Crippen LogP contribution in [0.3, 0.4) is 0 Å². The predicted molar refractivity (Wildman–Crippen MR) is 108 cm³/mol. The molecular formula is C20H22N4O3S. The molecule has 0 saturated heterocycles. The number of para-hydroxylation sites is 1. The van der Waals surface area contributed by atoms with Gasteiger partial charge in [-0.2, -0.15) is 5.10 Å². The van der Waals surface area contributed by atoms with Crippen LogP contribution in [-0.4, -0.2) is 31.2 Å². The molecule has 8 heteroatoms. The number of aromatic nitrogens is 2. The van der Waals surface area contributed by atoms with Gasteiger partial charge in [0, 0.05) is 5.69 Å². The van der Waals surface area contributed by atoms with E-state index in [4.69, 9.17) is 0 Å². The Morgan fingerprint density at radius 3 is 2.50 bits per heavy atom. The summed E-state index contributed by atoms with van der Waals surface area (Å²) in [5.74, 6) is -0.337. The Kier molecular flexibility index (Phi) is 5.62. The van der Waals surface area contributed by atoms with E-state index in [1.54, 1.807) is 23.7 Å². The molecule has 1 heterocycles. The van der Waals surface area contributed by atoms with Gasteiger partial charge in [0.2, 0.25) is 10.0 Å². The van der Waals surface area contributed by atoms with Gasteiger partial charge in [0.15, 0.2) is 0 Å². The number of nitrogens with zero attached hydrogens (tertiary/aromatic N) is 2. The summed E-state index contributed by atoms with van der Waals surface area (Å²) in [5, 5.41) is 7.13. The third-order valence-electron chi connectivity index (χ3n) is 4.45. The third-order valence-corrected chi connectivity index (χ3v) is 6.01. The minimum Gasteiger partial charge on any atom is -0.322 e. The molecule has 2 N–H and O–H groups in total. The number of sulfonamides is 1. The Hall–Kier alpha value is -2.97. The maximum atomic E-state index is 12.8. The van der Waals surface area contributed by atoms with Crippen molar-refractivity contribution in [2.24, 2.45) is 0 Å². The normalized spacial score (nSPS) is 11.4. The van der Waals surface area contributed by atoms with Gasteiger partial charge in [-0.15, -0.1) is 0 Å². The zero-order valence-electron chi connectivity index (χ0n) is 15.9. The number of hydrogen-bond donors (Lipinski definition) is 2. The number of carbonyl (C=O) groups is 1. The van der Waals surface area contributed by atoms with Gasteiger partial charge in [0.05, 0.1) is 28.0 Å². The Morgan fingerprint density at radius 1 is 1.14 bits per heavy atom. The van der Waals surface area contributed by atoms with E-state index in [0.717, 1.165) is 11.4 Å². The molecule has 0 fully saturated rings. The smallest absolute Gasteiger partial charge is 0.259 e. The lowest BCUT2D eigenvalue weighted by molar-refractivity contribution is 0.102. The number of aryl methyl sites for hydroxylation is 1. The van der Waals surface area contributed by atoms with Gasteiger partial charge in [-0.3, -0.25) is 4.79 Å². The van der Waals surface area contributed by atoms with Crippen LogP contribution in [0.4, 0.5) is 5.69 Å². The van der Waals surface area contributed by atoms with Crippen LogP contribution in [0.1, 0.15) is 28.5 Å². The van der Waals surface area contributed by atoms with Crippen molar-refractivity contribution in [2.75, 3.05) is 12.4 Å². The first-order valence-corrected chi connectivity index (χ1v) is 10.3. The maximum absolute atomic E-state index is 12.8. The van der Waals surface area contributed by atoms with Gasteiger partial charge in [0.25, 0.3) is 5.91 Å². The number of nitrogens with one attached hydrogen (secondary N) is 2. The average Bonchev–Trinajstić information content (AvgIpc) is 3.14. The zero-order valence-corrected chi connectivity index (χ0v) is 16.7. The van der Waals surface area contributed by atoms with Gasteiger partial charge in [-0.1, -0.05) is 31.2 Å². The standard InChI is InChI=1S/C20H22N4O3S/c1-4-18-17(13-22-24(18)16-8-6-5-7-9-16)20(25)23-15-11-10-14(2)19(12-15)28(26,27)21-3/h5-13,21H,4H2,1-3H3,(H,23,25). The Bertz CT molecular complexity index is 1110. The van der Waals surface area contributed by atoms with Crippen molar-refractivity contribution in [1.82, 2.24) is 14.5 Å². The molecule has 28 heavy (non-hydrogen) atoms. The molecule has 0 atom stereocenters. The summed E-state index contributed by atoms with van der Waals surface area (Å²) in [7, 11) is -2.26. The first-order valence-electron chi connectivity index (χ1n) is 8.85. The largest absolute Gasteiger partial charge is 0.322 e. The fraction of sp³-hybridized carbons (Fsp3) is 0.200. The monoisotopic (exact) mass is 398 g/mol. The Balaban J connectivity index is 1.93. The first kappa shape index (κ1) is 19.8. The molecule has 3 rings (SSSR count). The molecule has 1 aromatic heterocycles. The number of carbonyl (C=O) groups excluding carboxylic acids is 1. The SMILES string of the molecule is CCc1c(C(=O)Nc2ccc(C)c(S(=O)(=O)NC)c2)cnn1-c1ccccc1. The molecule has 7 nitrogen and oxygen atoms in total. The van der Waals surface area contributed by atoms with E-state index in [2.05, 4.69) is 15.1 Å². The summed E-state index contributed by atoms with van der Waals surface area (Å²) in [6.07, 6.45) is 2.14. The topological polar surface area (TPSA) is 93.1 Å². The van der Waals surface area contributed by atoms with E-state index in [-0.39, 0.29) is 10.8 Å². The van der Waals surface area contributed by atoms with Crippen molar-refractivity contribution in [3.63, 3.8) is 0 Å². The number of anilines is 1. The molecule has 146 valence electrons. The summed E-state index contributed by atoms with van der Waals surface area (Å²) >= 11 is 0.